The molecule has 0 aliphatic heterocycles. The van der Waals surface area contributed by atoms with Gasteiger partial charge in [-0.3, -0.25) is 4.79 Å². The van der Waals surface area contributed by atoms with Crippen LogP contribution in [0, 0.1) is 11.3 Å². The molecule has 0 unspecified atom stereocenters. The molecule has 0 aliphatic carbocycles. The van der Waals surface area contributed by atoms with Gasteiger partial charge >= 0.3 is 6.18 Å². The number of nitrogens with zero attached hydrogens (tertiary/aromatic N) is 2. The van der Waals surface area contributed by atoms with E-state index in [9.17, 15) is 26.4 Å². The van der Waals surface area contributed by atoms with Crippen LogP contribution in [0.1, 0.15) is 19.3 Å². The second-order valence-electron chi connectivity index (χ2n) is 5.05. The highest BCUT2D eigenvalue weighted by molar-refractivity contribution is 7.89. The van der Waals surface area contributed by atoms with Crippen LogP contribution in [0.2, 0.25) is 5.02 Å². The maximum Gasteiger partial charge on any atom is 0.389 e. The maximum atomic E-state index is 12.7. The Labute approximate surface area is 148 Å². The van der Waals surface area contributed by atoms with Gasteiger partial charge in [-0.15, -0.1) is 0 Å². The minimum atomic E-state index is -4.58. The second kappa shape index (κ2) is 8.51. The lowest BCUT2D eigenvalue weighted by Gasteiger charge is -2.28. The molecular formula is C14H15ClF3N3O3S. The number of alkyl halides is 3. The third-order valence-electron chi connectivity index (χ3n) is 3.24. The molecule has 1 aromatic carbocycles. The Morgan fingerprint density at radius 3 is 2.32 bits per heavy atom. The first-order valence-corrected chi connectivity index (χ1v) is 8.81. The van der Waals surface area contributed by atoms with Crippen LogP contribution >= 0.6 is 11.6 Å². The largest absolute Gasteiger partial charge is 0.389 e. The van der Waals surface area contributed by atoms with E-state index >= 15 is 0 Å². The van der Waals surface area contributed by atoms with E-state index in [1.54, 1.807) is 6.07 Å². The first-order chi connectivity index (χ1) is 11.5. The summed E-state index contributed by atoms with van der Waals surface area (Å²) in [6, 6.07) is 4.84. The molecule has 1 atom stereocenters. The highest BCUT2D eigenvalue weighted by atomic mass is 35.5. The number of amides is 1. The van der Waals surface area contributed by atoms with Crippen LogP contribution < -0.4 is 5.73 Å². The lowest BCUT2D eigenvalue weighted by Crippen LogP contribution is -2.48. The van der Waals surface area contributed by atoms with Crippen molar-refractivity contribution in [3.63, 3.8) is 0 Å². The Morgan fingerprint density at radius 1 is 1.32 bits per heavy atom. The zero-order valence-corrected chi connectivity index (χ0v) is 14.4. The van der Waals surface area contributed by atoms with Crippen molar-refractivity contribution in [1.82, 2.24) is 4.31 Å². The summed E-state index contributed by atoms with van der Waals surface area (Å²) in [5.41, 5.74) is 5.12. The smallest absolute Gasteiger partial charge is 0.368 e. The van der Waals surface area contributed by atoms with Crippen molar-refractivity contribution < 1.29 is 26.4 Å². The van der Waals surface area contributed by atoms with Gasteiger partial charge in [0, 0.05) is 24.4 Å². The van der Waals surface area contributed by atoms with Gasteiger partial charge in [-0.2, -0.15) is 22.7 Å². The SMILES string of the molecule is N#CCCN([C@H](CCC(F)(F)F)C(N)=O)S(=O)(=O)c1ccc(Cl)cc1. The molecular weight excluding hydrogens is 383 g/mol. The fraction of sp³-hybridized carbons (Fsp3) is 0.429. The number of carbonyl (C=O) groups excluding carboxylic acids is 1. The Morgan fingerprint density at radius 2 is 1.88 bits per heavy atom. The molecule has 1 aromatic rings. The summed E-state index contributed by atoms with van der Waals surface area (Å²) in [5.74, 6) is -1.22. The molecule has 25 heavy (non-hydrogen) atoms. The molecule has 1 rings (SSSR count). The summed E-state index contributed by atoms with van der Waals surface area (Å²) in [6.07, 6.45) is -7.13. The van der Waals surface area contributed by atoms with E-state index in [1.165, 1.54) is 12.1 Å². The summed E-state index contributed by atoms with van der Waals surface area (Å²) in [7, 11) is -4.35. The molecule has 0 fully saturated rings. The standard InChI is InChI=1S/C14H15ClF3N3O3S/c15-10-2-4-11(5-3-10)25(23,24)21(9-1-8-19)12(13(20)22)6-7-14(16,17)18/h2-5,12H,1,6-7,9H2,(H2,20,22)/t12-/m1/s1. The second-order valence-corrected chi connectivity index (χ2v) is 7.38. The number of nitrogens with two attached hydrogens (primary N) is 1. The normalized spacial score (nSPS) is 13.4. The molecule has 0 bridgehead atoms. The van der Waals surface area contributed by atoms with E-state index < -0.39 is 47.5 Å². The van der Waals surface area contributed by atoms with Gasteiger partial charge in [-0.05, 0) is 30.7 Å². The highest BCUT2D eigenvalue weighted by Gasteiger charge is 2.37. The molecule has 0 saturated carbocycles. The Bertz CT molecular complexity index is 745. The van der Waals surface area contributed by atoms with Crippen LogP contribution in [-0.2, 0) is 14.8 Å². The van der Waals surface area contributed by atoms with E-state index in [0.29, 0.717) is 4.31 Å². The first kappa shape index (κ1) is 21.2. The average Bonchev–Trinajstić information content (AvgIpc) is 2.49. The van der Waals surface area contributed by atoms with Gasteiger partial charge in [-0.1, -0.05) is 11.6 Å². The molecule has 0 radical (unpaired) electrons. The van der Waals surface area contributed by atoms with E-state index in [0.717, 1.165) is 12.1 Å². The number of primary amides is 1. The monoisotopic (exact) mass is 397 g/mol. The lowest BCUT2D eigenvalue weighted by molar-refractivity contribution is -0.140. The molecule has 0 spiro atoms. The molecule has 2 N–H and O–H groups in total. The van der Waals surface area contributed by atoms with Crippen molar-refractivity contribution >= 4 is 27.5 Å². The van der Waals surface area contributed by atoms with Crippen molar-refractivity contribution in [1.29, 1.82) is 5.26 Å². The van der Waals surface area contributed by atoms with Crippen LogP contribution in [0.15, 0.2) is 29.2 Å². The van der Waals surface area contributed by atoms with Gasteiger partial charge in [0.2, 0.25) is 15.9 Å². The number of carbonyl (C=O) groups is 1. The van der Waals surface area contributed by atoms with Crippen molar-refractivity contribution in [3.05, 3.63) is 29.3 Å². The summed E-state index contributed by atoms with van der Waals surface area (Å²) >= 11 is 5.69. The maximum absolute atomic E-state index is 12.7. The van der Waals surface area contributed by atoms with Crippen LogP contribution in [0.25, 0.3) is 0 Å². The van der Waals surface area contributed by atoms with E-state index in [1.807, 2.05) is 0 Å². The third kappa shape index (κ3) is 6.19. The van der Waals surface area contributed by atoms with Crippen molar-refractivity contribution in [2.75, 3.05) is 6.54 Å². The molecule has 0 aliphatic rings. The number of halogens is 4. The van der Waals surface area contributed by atoms with Crippen LogP contribution in [0.5, 0.6) is 0 Å². The van der Waals surface area contributed by atoms with Gasteiger partial charge in [0.25, 0.3) is 0 Å². The Kier molecular flexibility index (Phi) is 7.22. The summed E-state index contributed by atoms with van der Waals surface area (Å²) in [6.45, 7) is -0.465. The molecule has 0 heterocycles. The minimum Gasteiger partial charge on any atom is -0.368 e. The van der Waals surface area contributed by atoms with Crippen LogP contribution in [-0.4, -0.2) is 37.4 Å². The van der Waals surface area contributed by atoms with Crippen LogP contribution in [0.4, 0.5) is 13.2 Å². The minimum absolute atomic E-state index is 0.256. The zero-order chi connectivity index (χ0) is 19.3. The molecule has 1 amide bonds. The van der Waals surface area contributed by atoms with Gasteiger partial charge in [0.1, 0.15) is 6.04 Å². The molecule has 138 valence electrons. The molecule has 6 nitrogen and oxygen atoms in total. The first-order valence-electron chi connectivity index (χ1n) is 6.99. The van der Waals surface area contributed by atoms with Gasteiger partial charge < -0.3 is 5.73 Å². The summed E-state index contributed by atoms with van der Waals surface area (Å²) < 4.78 is 63.4. The number of rotatable bonds is 8. The van der Waals surface area contributed by atoms with Crippen molar-refractivity contribution in [2.45, 2.75) is 36.4 Å². The number of benzene rings is 1. The van der Waals surface area contributed by atoms with Gasteiger partial charge in [0.15, 0.2) is 0 Å². The predicted molar refractivity (Wildman–Crippen MR) is 83.8 cm³/mol. The topological polar surface area (TPSA) is 104 Å². The summed E-state index contributed by atoms with van der Waals surface area (Å²) in [5, 5.41) is 8.94. The quantitative estimate of drug-likeness (QED) is 0.727. The third-order valence-corrected chi connectivity index (χ3v) is 5.42. The predicted octanol–water partition coefficient (Wildman–Crippen LogP) is 2.44. The molecule has 0 aromatic heterocycles. The van der Waals surface area contributed by atoms with E-state index in [4.69, 9.17) is 22.6 Å². The van der Waals surface area contributed by atoms with E-state index in [2.05, 4.69) is 0 Å². The van der Waals surface area contributed by atoms with Gasteiger partial charge in [0.05, 0.1) is 11.0 Å². The Hall–Kier alpha value is -1.83. The van der Waals surface area contributed by atoms with Crippen molar-refractivity contribution in [2.24, 2.45) is 5.73 Å². The number of hydrogen-bond acceptors (Lipinski definition) is 4. The summed E-state index contributed by atoms with van der Waals surface area (Å²) in [4.78, 5) is 11.3. The number of hydrogen-bond donors (Lipinski definition) is 1. The van der Waals surface area contributed by atoms with Crippen molar-refractivity contribution in [3.8, 4) is 6.07 Å². The number of nitriles is 1. The molecule has 11 heteroatoms. The fourth-order valence-corrected chi connectivity index (χ4v) is 3.83. The zero-order valence-electron chi connectivity index (χ0n) is 12.8. The Balaban J connectivity index is 3.25. The average molecular weight is 398 g/mol. The lowest BCUT2D eigenvalue weighted by atomic mass is 10.1. The van der Waals surface area contributed by atoms with Gasteiger partial charge in [-0.25, -0.2) is 8.42 Å². The molecule has 0 saturated heterocycles. The van der Waals surface area contributed by atoms with E-state index in [-0.39, 0.29) is 16.3 Å². The highest BCUT2D eigenvalue weighted by Crippen LogP contribution is 2.27. The fourth-order valence-electron chi connectivity index (χ4n) is 2.07. The van der Waals surface area contributed by atoms with Crippen LogP contribution in [0.3, 0.4) is 0 Å². The number of sulfonamides is 1.